The third-order valence-corrected chi connectivity index (χ3v) is 3.41. The number of likely N-dealkylation sites (N-methyl/N-ethyl adjacent to an activating group) is 1. The van der Waals surface area contributed by atoms with E-state index in [1.54, 1.807) is 0 Å². The molecule has 88 valence electrons. The van der Waals surface area contributed by atoms with Crippen LogP contribution >= 0.6 is 0 Å². The molecule has 0 bridgehead atoms. The first kappa shape index (κ1) is 12.5. The van der Waals surface area contributed by atoms with Gasteiger partial charge < -0.3 is 15.7 Å². The van der Waals surface area contributed by atoms with Crippen molar-refractivity contribution in [3.8, 4) is 0 Å². The number of amides is 1. The number of nitrogens with one attached hydrogen (secondary N) is 2. The maximum Gasteiger partial charge on any atom is 0.236 e. The van der Waals surface area contributed by atoms with Gasteiger partial charge in [-0.15, -0.1) is 0 Å². The van der Waals surface area contributed by atoms with Gasteiger partial charge in [-0.05, 0) is 20.3 Å². The van der Waals surface area contributed by atoms with Gasteiger partial charge in [-0.3, -0.25) is 4.79 Å². The number of hydrogen-bond acceptors (Lipinski definition) is 3. The smallest absolute Gasteiger partial charge is 0.236 e. The number of hydrogen-bond donors (Lipinski definition) is 3. The van der Waals surface area contributed by atoms with Crippen molar-refractivity contribution in [3.05, 3.63) is 0 Å². The third-order valence-electron chi connectivity index (χ3n) is 3.41. The van der Waals surface area contributed by atoms with Crippen LogP contribution in [0.3, 0.4) is 0 Å². The van der Waals surface area contributed by atoms with Gasteiger partial charge in [0.25, 0.3) is 0 Å². The number of aliphatic hydroxyl groups is 1. The fraction of sp³-hybridized carbons (Fsp3) is 0.909. The lowest BCUT2D eigenvalue weighted by atomic mass is 9.64. The zero-order valence-electron chi connectivity index (χ0n) is 10.0. The molecule has 1 aliphatic carbocycles. The summed E-state index contributed by atoms with van der Waals surface area (Å²) in [6.45, 7) is 8.45. The summed E-state index contributed by atoms with van der Waals surface area (Å²) >= 11 is 0. The third kappa shape index (κ3) is 2.49. The molecule has 0 radical (unpaired) electrons. The summed E-state index contributed by atoms with van der Waals surface area (Å²) < 4.78 is 0. The maximum atomic E-state index is 11.5. The fourth-order valence-corrected chi connectivity index (χ4v) is 1.89. The summed E-state index contributed by atoms with van der Waals surface area (Å²) in [5.41, 5.74) is -0.124. The molecular formula is C11H22N2O2. The number of aliphatic hydroxyl groups excluding tert-OH is 1. The van der Waals surface area contributed by atoms with Crippen LogP contribution in [0.1, 0.15) is 34.1 Å². The Labute approximate surface area is 91.4 Å². The van der Waals surface area contributed by atoms with Gasteiger partial charge in [0.2, 0.25) is 5.91 Å². The van der Waals surface area contributed by atoms with E-state index in [-0.39, 0.29) is 29.5 Å². The largest absolute Gasteiger partial charge is 0.392 e. The van der Waals surface area contributed by atoms with Crippen molar-refractivity contribution in [1.29, 1.82) is 0 Å². The molecule has 4 nitrogen and oxygen atoms in total. The van der Waals surface area contributed by atoms with Crippen LogP contribution in [0.25, 0.3) is 0 Å². The van der Waals surface area contributed by atoms with Crippen LogP contribution in [-0.4, -0.2) is 35.7 Å². The van der Waals surface area contributed by atoms with E-state index in [4.69, 9.17) is 0 Å². The average molecular weight is 214 g/mol. The van der Waals surface area contributed by atoms with Gasteiger partial charge in [-0.2, -0.15) is 0 Å². The average Bonchev–Trinajstić information content (AvgIpc) is 2.17. The second kappa shape index (κ2) is 4.49. The van der Waals surface area contributed by atoms with E-state index in [1.807, 2.05) is 27.7 Å². The van der Waals surface area contributed by atoms with E-state index in [2.05, 4.69) is 10.6 Å². The van der Waals surface area contributed by atoms with Crippen LogP contribution < -0.4 is 10.6 Å². The number of carbonyl (C=O) groups is 1. The summed E-state index contributed by atoms with van der Waals surface area (Å²) in [5.74, 6) is 0.0229. The molecule has 0 aromatic carbocycles. The lowest BCUT2D eigenvalue weighted by molar-refractivity contribution is -0.125. The van der Waals surface area contributed by atoms with E-state index in [0.29, 0.717) is 6.54 Å². The number of rotatable bonds is 4. The van der Waals surface area contributed by atoms with Gasteiger partial charge in [0.15, 0.2) is 0 Å². The van der Waals surface area contributed by atoms with Crippen molar-refractivity contribution in [1.82, 2.24) is 10.6 Å². The fourth-order valence-electron chi connectivity index (χ4n) is 1.89. The van der Waals surface area contributed by atoms with E-state index >= 15 is 0 Å². The molecule has 1 amide bonds. The van der Waals surface area contributed by atoms with E-state index in [0.717, 1.165) is 6.42 Å². The predicted molar refractivity (Wildman–Crippen MR) is 59.5 cm³/mol. The molecule has 0 spiro atoms. The van der Waals surface area contributed by atoms with Crippen LogP contribution in [-0.2, 0) is 4.79 Å². The van der Waals surface area contributed by atoms with Crippen molar-refractivity contribution >= 4 is 5.91 Å². The Morgan fingerprint density at radius 3 is 2.60 bits per heavy atom. The highest BCUT2D eigenvalue weighted by atomic mass is 16.3. The Morgan fingerprint density at radius 1 is 1.60 bits per heavy atom. The van der Waals surface area contributed by atoms with Crippen molar-refractivity contribution in [3.63, 3.8) is 0 Å². The molecular weight excluding hydrogens is 192 g/mol. The SMILES string of the molecule is CCNC(=O)C(C)NC1CC(O)C1(C)C. The van der Waals surface area contributed by atoms with Crippen molar-refractivity contribution < 1.29 is 9.90 Å². The first-order valence-electron chi connectivity index (χ1n) is 5.61. The highest BCUT2D eigenvalue weighted by Gasteiger charge is 2.47. The second-order valence-electron chi connectivity index (χ2n) is 4.91. The molecule has 1 rings (SSSR count). The first-order chi connectivity index (χ1) is 6.89. The van der Waals surface area contributed by atoms with Gasteiger partial charge in [-0.25, -0.2) is 0 Å². The van der Waals surface area contributed by atoms with Gasteiger partial charge in [0, 0.05) is 18.0 Å². The molecule has 0 aromatic rings. The van der Waals surface area contributed by atoms with Crippen LogP contribution in [0, 0.1) is 5.41 Å². The van der Waals surface area contributed by atoms with Crippen molar-refractivity contribution in [2.75, 3.05) is 6.54 Å². The van der Waals surface area contributed by atoms with Gasteiger partial charge >= 0.3 is 0 Å². The van der Waals surface area contributed by atoms with E-state index < -0.39 is 0 Å². The molecule has 15 heavy (non-hydrogen) atoms. The van der Waals surface area contributed by atoms with Gasteiger partial charge in [0.1, 0.15) is 0 Å². The summed E-state index contributed by atoms with van der Waals surface area (Å²) in [4.78, 5) is 11.5. The predicted octanol–water partition coefficient (Wildman–Crippen LogP) is 0.260. The highest BCUT2D eigenvalue weighted by Crippen LogP contribution is 2.40. The first-order valence-corrected chi connectivity index (χ1v) is 5.61. The quantitative estimate of drug-likeness (QED) is 0.629. The van der Waals surface area contributed by atoms with Crippen LogP contribution in [0.5, 0.6) is 0 Å². The minimum atomic E-state index is -0.253. The van der Waals surface area contributed by atoms with Gasteiger partial charge in [0.05, 0.1) is 12.1 Å². The molecule has 3 N–H and O–H groups in total. The summed E-state index contributed by atoms with van der Waals surface area (Å²) in [7, 11) is 0. The molecule has 0 aliphatic heterocycles. The molecule has 0 heterocycles. The van der Waals surface area contributed by atoms with Crippen LogP contribution in [0.4, 0.5) is 0 Å². The van der Waals surface area contributed by atoms with Crippen LogP contribution in [0.15, 0.2) is 0 Å². The van der Waals surface area contributed by atoms with Crippen molar-refractivity contribution in [2.24, 2.45) is 5.41 Å². The Hall–Kier alpha value is -0.610. The molecule has 1 aliphatic rings. The summed E-state index contributed by atoms with van der Waals surface area (Å²) in [6.07, 6.45) is 0.480. The minimum Gasteiger partial charge on any atom is -0.392 e. The molecule has 4 heteroatoms. The minimum absolute atomic E-state index is 0.0229. The lowest BCUT2D eigenvalue weighted by Crippen LogP contribution is -2.63. The zero-order valence-corrected chi connectivity index (χ0v) is 10.0. The maximum absolute atomic E-state index is 11.5. The van der Waals surface area contributed by atoms with Gasteiger partial charge in [-0.1, -0.05) is 13.8 Å². The molecule has 3 atom stereocenters. The second-order valence-corrected chi connectivity index (χ2v) is 4.91. The zero-order chi connectivity index (χ0) is 11.6. The Balaban J connectivity index is 2.40. The van der Waals surface area contributed by atoms with Crippen LogP contribution in [0.2, 0.25) is 0 Å². The number of carbonyl (C=O) groups excluding carboxylic acids is 1. The Morgan fingerprint density at radius 2 is 2.20 bits per heavy atom. The van der Waals surface area contributed by atoms with E-state index in [9.17, 15) is 9.90 Å². The normalized spacial score (nSPS) is 30.5. The summed E-state index contributed by atoms with van der Waals surface area (Å²) in [5, 5.41) is 15.6. The van der Waals surface area contributed by atoms with Crippen molar-refractivity contribution in [2.45, 2.75) is 52.3 Å². The standard InChI is InChI=1S/C11H22N2O2/c1-5-12-10(15)7(2)13-8-6-9(14)11(8,3)4/h7-9,13-14H,5-6H2,1-4H3,(H,12,15). The van der Waals surface area contributed by atoms with E-state index in [1.165, 1.54) is 0 Å². The topological polar surface area (TPSA) is 61.4 Å². The highest BCUT2D eigenvalue weighted by molar-refractivity contribution is 5.81. The molecule has 1 saturated carbocycles. The molecule has 0 aromatic heterocycles. The molecule has 0 saturated heterocycles. The molecule has 3 unspecified atom stereocenters. The molecule has 1 fully saturated rings. The Bertz CT molecular complexity index is 241. The lowest BCUT2D eigenvalue weighted by Gasteiger charge is -2.50. The monoisotopic (exact) mass is 214 g/mol. The Kier molecular flexibility index (Phi) is 3.73. The summed E-state index contributed by atoms with van der Waals surface area (Å²) in [6, 6.07) is 0.0341.